The van der Waals surface area contributed by atoms with Gasteiger partial charge in [0.05, 0.1) is 0 Å². The molecule has 0 aromatic carbocycles. The Kier molecular flexibility index (Phi) is 7.77. The number of aliphatic hydroxyl groups excluding tert-OH is 1. The molecule has 0 amide bonds. The molecule has 3 heteroatoms. The van der Waals surface area contributed by atoms with Crippen molar-refractivity contribution >= 4 is 10.3 Å². The van der Waals surface area contributed by atoms with E-state index < -0.39 is 16.6 Å². The Morgan fingerprint density at radius 2 is 1.35 bits per heavy atom. The van der Waals surface area contributed by atoms with Gasteiger partial charge in [-0.05, 0) is 12.8 Å². The normalized spacial score (nSPS) is 15.9. The molecule has 0 aliphatic carbocycles. The molecule has 0 rings (SSSR count). The van der Waals surface area contributed by atoms with Crippen molar-refractivity contribution < 1.29 is 9.29 Å². The summed E-state index contributed by atoms with van der Waals surface area (Å²) in [5.74, 6) is 0. The third-order valence-corrected chi connectivity index (χ3v) is 8.27. The van der Waals surface area contributed by atoms with Crippen LogP contribution in [0.15, 0.2) is 0 Å². The van der Waals surface area contributed by atoms with Gasteiger partial charge in [-0.25, -0.2) is 0 Å². The van der Waals surface area contributed by atoms with Gasteiger partial charge in [0, 0.05) is 15.7 Å². The van der Waals surface area contributed by atoms with Crippen LogP contribution in [0, 0.1) is 0 Å². The van der Waals surface area contributed by atoms with Crippen molar-refractivity contribution in [3.8, 4) is 0 Å². The van der Waals surface area contributed by atoms with Crippen LogP contribution < -0.4 is 0 Å². The van der Waals surface area contributed by atoms with Gasteiger partial charge in [-0.1, -0.05) is 54.9 Å². The van der Waals surface area contributed by atoms with Crippen molar-refractivity contribution in [3.05, 3.63) is 0 Å². The molecule has 0 aromatic rings. The fourth-order valence-electron chi connectivity index (χ4n) is 2.59. The molecule has 1 N–H and O–H groups in total. The molecule has 0 aliphatic rings. The van der Waals surface area contributed by atoms with E-state index >= 15 is 0 Å². The molecule has 1 unspecified atom stereocenters. The highest BCUT2D eigenvalue weighted by Crippen LogP contribution is 2.61. The molecule has 0 saturated carbocycles. The lowest BCUT2D eigenvalue weighted by atomic mass is 10.2. The van der Waals surface area contributed by atoms with Crippen LogP contribution in [-0.2, 0) is 4.18 Å². The fraction of sp³-hybridized carbons (Fsp3) is 1.00. The molecule has 0 fully saturated rings. The van der Waals surface area contributed by atoms with E-state index in [1.54, 1.807) is 0 Å². The number of hydrogen-bond acceptors (Lipinski definition) is 2. The van der Waals surface area contributed by atoms with Gasteiger partial charge in [0.15, 0.2) is 6.29 Å². The zero-order chi connectivity index (χ0) is 13.6. The van der Waals surface area contributed by atoms with Gasteiger partial charge >= 0.3 is 0 Å². The second-order valence-corrected chi connectivity index (χ2v) is 9.95. The van der Waals surface area contributed by atoms with Crippen molar-refractivity contribution in [1.29, 1.82) is 0 Å². The molecular formula is C14H32O2S. The first kappa shape index (κ1) is 17.3. The van der Waals surface area contributed by atoms with Crippen molar-refractivity contribution in [2.75, 3.05) is 0 Å². The van der Waals surface area contributed by atoms with E-state index in [2.05, 4.69) is 48.5 Å². The number of unbranched alkanes of at least 4 members (excludes halogenated alkanes) is 1. The Balaban J connectivity index is 4.80. The summed E-state index contributed by atoms with van der Waals surface area (Å²) in [4.78, 5) is 0. The van der Waals surface area contributed by atoms with Gasteiger partial charge in [0.1, 0.15) is 0 Å². The zero-order valence-corrected chi connectivity index (χ0v) is 13.5. The summed E-state index contributed by atoms with van der Waals surface area (Å²) in [5.41, 5.74) is 0. The molecule has 1 atom stereocenters. The topological polar surface area (TPSA) is 29.5 Å². The van der Waals surface area contributed by atoms with Gasteiger partial charge in [-0.2, -0.15) is 0 Å². The maximum absolute atomic E-state index is 10.1. The number of hydrogen-bond donors (Lipinski definition) is 1. The molecule has 2 nitrogen and oxygen atoms in total. The molecule has 0 spiro atoms. The van der Waals surface area contributed by atoms with Crippen LogP contribution in [0.4, 0.5) is 0 Å². The second-order valence-electron chi connectivity index (χ2n) is 5.54. The van der Waals surface area contributed by atoms with Gasteiger partial charge < -0.3 is 9.29 Å². The summed E-state index contributed by atoms with van der Waals surface area (Å²) in [6.07, 6.45) is 2.31. The lowest BCUT2D eigenvalue weighted by Gasteiger charge is -2.51. The molecule has 0 aliphatic heterocycles. The first-order valence-electron chi connectivity index (χ1n) is 6.95. The highest BCUT2D eigenvalue weighted by Gasteiger charge is 2.37. The molecule has 0 saturated heterocycles. The van der Waals surface area contributed by atoms with E-state index in [4.69, 9.17) is 4.18 Å². The van der Waals surface area contributed by atoms with Gasteiger partial charge in [0.2, 0.25) is 0 Å². The van der Waals surface area contributed by atoms with Gasteiger partial charge in [0.25, 0.3) is 0 Å². The Morgan fingerprint density at radius 3 is 1.65 bits per heavy atom. The minimum Gasteiger partial charge on any atom is -0.367 e. The molecule has 0 heterocycles. The summed E-state index contributed by atoms with van der Waals surface area (Å²) in [6, 6.07) is 0. The fourth-order valence-corrected chi connectivity index (χ4v) is 7.00. The van der Waals surface area contributed by atoms with Crippen LogP contribution >= 0.6 is 10.3 Å². The van der Waals surface area contributed by atoms with Crippen LogP contribution in [0.5, 0.6) is 0 Å². The monoisotopic (exact) mass is 264 g/mol. The van der Waals surface area contributed by atoms with E-state index in [0.717, 1.165) is 19.3 Å². The van der Waals surface area contributed by atoms with Crippen LogP contribution in [0.1, 0.15) is 67.7 Å². The van der Waals surface area contributed by atoms with Crippen LogP contribution in [0.3, 0.4) is 0 Å². The Labute approximate surface area is 110 Å². The average Bonchev–Trinajstić information content (AvgIpc) is 2.21. The number of aliphatic hydroxyl groups is 1. The first-order valence-corrected chi connectivity index (χ1v) is 8.69. The smallest absolute Gasteiger partial charge is 0.165 e. The lowest BCUT2D eigenvalue weighted by Crippen LogP contribution is -2.33. The second kappa shape index (κ2) is 7.65. The minimum atomic E-state index is -1.23. The number of rotatable bonds is 8. The highest BCUT2D eigenvalue weighted by molar-refractivity contribution is 8.31. The Bertz CT molecular complexity index is 181. The van der Waals surface area contributed by atoms with Crippen molar-refractivity contribution in [2.45, 2.75) is 89.8 Å². The Hall–Kier alpha value is 0.270. The van der Waals surface area contributed by atoms with Crippen molar-refractivity contribution in [3.63, 3.8) is 0 Å². The van der Waals surface area contributed by atoms with Crippen molar-refractivity contribution in [2.24, 2.45) is 0 Å². The first-order chi connectivity index (χ1) is 7.78. The summed E-state index contributed by atoms with van der Waals surface area (Å²) in [5, 5.41) is 11.5. The summed E-state index contributed by atoms with van der Waals surface area (Å²) >= 11 is 0. The van der Waals surface area contributed by atoms with Crippen LogP contribution in [-0.4, -0.2) is 27.1 Å². The SMILES string of the molecule is CCCCC(O)OS(C(C)C)(C(C)C)C(C)C. The lowest BCUT2D eigenvalue weighted by molar-refractivity contribution is -0.0159. The van der Waals surface area contributed by atoms with E-state index in [0.29, 0.717) is 15.7 Å². The molecule has 0 bridgehead atoms. The minimum absolute atomic E-state index is 0.485. The molecule has 0 radical (unpaired) electrons. The van der Waals surface area contributed by atoms with E-state index in [-0.39, 0.29) is 0 Å². The van der Waals surface area contributed by atoms with Crippen LogP contribution in [0.25, 0.3) is 0 Å². The maximum atomic E-state index is 10.1. The van der Waals surface area contributed by atoms with E-state index in [1.165, 1.54) is 0 Å². The van der Waals surface area contributed by atoms with Gasteiger partial charge in [-0.3, -0.25) is 0 Å². The third-order valence-electron chi connectivity index (χ3n) is 3.29. The largest absolute Gasteiger partial charge is 0.367 e. The van der Waals surface area contributed by atoms with Crippen LogP contribution in [0.2, 0.25) is 0 Å². The molecular weight excluding hydrogens is 232 g/mol. The molecule has 0 aromatic heterocycles. The third kappa shape index (κ3) is 4.46. The predicted octanol–water partition coefficient (Wildman–Crippen LogP) is 4.46. The van der Waals surface area contributed by atoms with E-state index in [1.807, 2.05) is 0 Å². The molecule has 106 valence electrons. The maximum Gasteiger partial charge on any atom is 0.165 e. The predicted molar refractivity (Wildman–Crippen MR) is 79.6 cm³/mol. The van der Waals surface area contributed by atoms with Crippen molar-refractivity contribution in [1.82, 2.24) is 0 Å². The summed E-state index contributed by atoms with van der Waals surface area (Å²) in [6.45, 7) is 15.5. The standard InChI is InChI=1S/C14H32O2S/c1-8-9-10-14(15)16-17(11(2)3,12(4)5)13(6)7/h11-15H,8-10H2,1-7H3. The quantitative estimate of drug-likeness (QED) is 0.656. The summed E-state index contributed by atoms with van der Waals surface area (Å²) < 4.78 is 6.16. The molecule has 17 heavy (non-hydrogen) atoms. The summed E-state index contributed by atoms with van der Waals surface area (Å²) in [7, 11) is -1.23. The Morgan fingerprint density at radius 1 is 0.941 bits per heavy atom. The van der Waals surface area contributed by atoms with E-state index in [9.17, 15) is 5.11 Å². The highest BCUT2D eigenvalue weighted by atomic mass is 32.3. The zero-order valence-electron chi connectivity index (χ0n) is 12.7. The average molecular weight is 264 g/mol. The van der Waals surface area contributed by atoms with Gasteiger partial charge in [-0.15, -0.1) is 10.3 Å².